The van der Waals surface area contributed by atoms with E-state index in [9.17, 15) is 4.79 Å². The first-order valence-electron chi connectivity index (χ1n) is 8.81. The van der Waals surface area contributed by atoms with Gasteiger partial charge in [-0.05, 0) is 63.3 Å². The van der Waals surface area contributed by atoms with E-state index < -0.39 is 0 Å². The number of benzene rings is 1. The van der Waals surface area contributed by atoms with Crippen molar-refractivity contribution in [3.05, 3.63) is 48.2 Å². The lowest BCUT2D eigenvalue weighted by Crippen LogP contribution is -2.06. The van der Waals surface area contributed by atoms with Crippen molar-refractivity contribution in [2.24, 2.45) is 5.92 Å². The highest BCUT2D eigenvalue weighted by Crippen LogP contribution is 2.23. The predicted molar refractivity (Wildman–Crippen MR) is 99.3 cm³/mol. The summed E-state index contributed by atoms with van der Waals surface area (Å²) in [5.74, 6) is 2.73. The van der Waals surface area contributed by atoms with Gasteiger partial charge in [0.15, 0.2) is 0 Å². The van der Waals surface area contributed by atoms with E-state index in [2.05, 4.69) is 24.0 Å². The third-order valence-corrected chi connectivity index (χ3v) is 3.79. The Bertz CT molecular complexity index is 663. The Labute approximate surface area is 150 Å². The Morgan fingerprint density at radius 1 is 1.04 bits per heavy atom. The molecule has 2 aromatic rings. The van der Waals surface area contributed by atoms with Crippen LogP contribution in [0, 0.1) is 5.92 Å². The number of ketones is 1. The zero-order valence-corrected chi connectivity index (χ0v) is 15.5. The van der Waals surface area contributed by atoms with E-state index in [0.717, 1.165) is 18.6 Å². The molecule has 0 saturated carbocycles. The Morgan fingerprint density at radius 2 is 1.72 bits per heavy atom. The number of pyridine rings is 1. The van der Waals surface area contributed by atoms with Crippen LogP contribution in [0.5, 0.6) is 17.4 Å². The Hall–Kier alpha value is -2.36. The Kier molecular flexibility index (Phi) is 6.99. The summed E-state index contributed by atoms with van der Waals surface area (Å²) in [7, 11) is 0. The van der Waals surface area contributed by atoms with Crippen molar-refractivity contribution in [1.29, 1.82) is 0 Å². The number of aromatic nitrogens is 1. The maximum Gasteiger partial charge on any atom is 0.213 e. The molecule has 0 radical (unpaired) electrons. The van der Waals surface area contributed by atoms with Crippen LogP contribution in [0.1, 0.15) is 46.1 Å². The lowest BCUT2D eigenvalue weighted by Gasteiger charge is -2.11. The summed E-state index contributed by atoms with van der Waals surface area (Å²) >= 11 is 0. The number of hydrogen-bond donors (Lipinski definition) is 0. The molecular weight excluding hydrogens is 314 g/mol. The molecule has 0 fully saturated rings. The highest BCUT2D eigenvalue weighted by atomic mass is 16.5. The third-order valence-electron chi connectivity index (χ3n) is 3.79. The molecule has 0 aliphatic rings. The molecule has 25 heavy (non-hydrogen) atoms. The second kappa shape index (κ2) is 9.21. The fraction of sp³-hybridized carbons (Fsp3) is 0.429. The van der Waals surface area contributed by atoms with Crippen molar-refractivity contribution < 1.29 is 14.3 Å². The van der Waals surface area contributed by atoms with Crippen LogP contribution in [0.15, 0.2) is 42.6 Å². The zero-order valence-electron chi connectivity index (χ0n) is 15.5. The van der Waals surface area contributed by atoms with Gasteiger partial charge < -0.3 is 14.3 Å². The largest absolute Gasteiger partial charge is 0.475 e. The average molecular weight is 341 g/mol. The summed E-state index contributed by atoms with van der Waals surface area (Å²) in [6.07, 6.45) is 4.41. The van der Waals surface area contributed by atoms with Gasteiger partial charge in [-0.15, -0.1) is 0 Å². The molecule has 0 aliphatic carbocycles. The maximum atomic E-state index is 11.1. The minimum Gasteiger partial charge on any atom is -0.475 e. The van der Waals surface area contributed by atoms with Crippen LogP contribution in [-0.4, -0.2) is 16.9 Å². The lowest BCUT2D eigenvalue weighted by atomic mass is 9.97. The van der Waals surface area contributed by atoms with Gasteiger partial charge in [0.1, 0.15) is 17.3 Å². The van der Waals surface area contributed by atoms with Crippen LogP contribution >= 0.6 is 0 Å². The van der Waals surface area contributed by atoms with Gasteiger partial charge in [-0.1, -0.05) is 19.1 Å². The Balaban J connectivity index is 1.86. The van der Waals surface area contributed by atoms with Crippen LogP contribution in [0.4, 0.5) is 0 Å². The van der Waals surface area contributed by atoms with E-state index in [1.165, 1.54) is 5.56 Å². The van der Waals surface area contributed by atoms with Crippen LogP contribution in [0.3, 0.4) is 0 Å². The van der Waals surface area contributed by atoms with Gasteiger partial charge in [-0.25, -0.2) is 4.98 Å². The molecule has 134 valence electrons. The lowest BCUT2D eigenvalue weighted by molar-refractivity contribution is -0.117. The fourth-order valence-corrected chi connectivity index (χ4v) is 2.60. The average Bonchev–Trinajstić information content (AvgIpc) is 2.55. The molecule has 0 N–H and O–H groups in total. The Morgan fingerprint density at radius 3 is 2.28 bits per heavy atom. The standard InChI is InChI=1S/C21H27NO3/c1-15(2)24-21-12-11-20(14-22-21)25-19-9-7-18(8-10-19)6-5-16(3)13-17(4)23/h7-12,14-16H,5-6,13H2,1-4H3. The van der Waals surface area contributed by atoms with Gasteiger partial charge in [0, 0.05) is 12.5 Å². The highest BCUT2D eigenvalue weighted by Gasteiger charge is 2.06. The second-order valence-electron chi connectivity index (χ2n) is 6.79. The van der Waals surface area contributed by atoms with Gasteiger partial charge >= 0.3 is 0 Å². The first-order valence-corrected chi connectivity index (χ1v) is 8.81. The molecule has 0 spiro atoms. The minimum atomic E-state index is 0.102. The summed E-state index contributed by atoms with van der Waals surface area (Å²) in [5, 5.41) is 0. The van der Waals surface area contributed by atoms with E-state index in [1.54, 1.807) is 19.2 Å². The number of ether oxygens (including phenoxy) is 2. The first kappa shape index (κ1) is 19.0. The van der Waals surface area contributed by atoms with E-state index in [4.69, 9.17) is 9.47 Å². The molecule has 0 bridgehead atoms. The van der Waals surface area contributed by atoms with Crippen LogP contribution in [-0.2, 0) is 11.2 Å². The number of rotatable bonds is 9. The minimum absolute atomic E-state index is 0.102. The number of carbonyl (C=O) groups excluding carboxylic acids is 1. The molecular formula is C21H27NO3. The molecule has 1 aromatic heterocycles. The van der Waals surface area contributed by atoms with E-state index >= 15 is 0 Å². The summed E-state index contributed by atoms with van der Waals surface area (Å²) in [4.78, 5) is 15.4. The molecule has 4 nitrogen and oxygen atoms in total. The molecule has 0 saturated heterocycles. The van der Waals surface area contributed by atoms with Gasteiger partial charge in [-0.2, -0.15) is 0 Å². The zero-order chi connectivity index (χ0) is 18.2. The number of carbonyl (C=O) groups is 1. The summed E-state index contributed by atoms with van der Waals surface area (Å²) in [5.41, 5.74) is 1.25. The van der Waals surface area contributed by atoms with Crippen molar-refractivity contribution in [1.82, 2.24) is 4.98 Å². The molecule has 0 aliphatic heterocycles. The van der Waals surface area contributed by atoms with Crippen LogP contribution < -0.4 is 9.47 Å². The fourth-order valence-electron chi connectivity index (χ4n) is 2.60. The van der Waals surface area contributed by atoms with Gasteiger partial charge in [0.25, 0.3) is 0 Å². The van der Waals surface area contributed by atoms with Crippen LogP contribution in [0.25, 0.3) is 0 Å². The van der Waals surface area contributed by atoms with Crippen molar-refractivity contribution in [2.75, 3.05) is 0 Å². The molecule has 1 unspecified atom stereocenters. The monoisotopic (exact) mass is 341 g/mol. The number of Topliss-reactive ketones (excluding diaryl/α,β-unsaturated/α-hetero) is 1. The van der Waals surface area contributed by atoms with Crippen molar-refractivity contribution in [3.63, 3.8) is 0 Å². The SMILES string of the molecule is CC(=O)CC(C)CCc1ccc(Oc2ccc(OC(C)C)nc2)cc1. The van der Waals surface area contributed by atoms with E-state index in [1.807, 2.05) is 32.0 Å². The first-order chi connectivity index (χ1) is 11.9. The highest BCUT2D eigenvalue weighted by molar-refractivity contribution is 5.75. The summed E-state index contributed by atoms with van der Waals surface area (Å²) < 4.78 is 11.3. The smallest absolute Gasteiger partial charge is 0.213 e. The summed E-state index contributed by atoms with van der Waals surface area (Å²) in [6, 6.07) is 11.7. The predicted octanol–water partition coefficient (Wildman–Crippen LogP) is 5.21. The topological polar surface area (TPSA) is 48.4 Å². The van der Waals surface area contributed by atoms with Gasteiger partial charge in [0.05, 0.1) is 12.3 Å². The second-order valence-corrected chi connectivity index (χ2v) is 6.79. The summed E-state index contributed by atoms with van der Waals surface area (Å²) in [6.45, 7) is 7.71. The number of aryl methyl sites for hydroxylation is 1. The quantitative estimate of drug-likeness (QED) is 0.628. The van der Waals surface area contributed by atoms with Crippen molar-refractivity contribution in [2.45, 2.75) is 53.1 Å². The van der Waals surface area contributed by atoms with E-state index in [0.29, 0.717) is 24.0 Å². The van der Waals surface area contributed by atoms with Gasteiger partial charge in [-0.3, -0.25) is 0 Å². The molecule has 4 heteroatoms. The molecule has 1 atom stereocenters. The van der Waals surface area contributed by atoms with Gasteiger partial charge in [0.2, 0.25) is 5.88 Å². The van der Waals surface area contributed by atoms with Crippen molar-refractivity contribution in [3.8, 4) is 17.4 Å². The molecule has 1 aromatic carbocycles. The number of hydrogen-bond acceptors (Lipinski definition) is 4. The van der Waals surface area contributed by atoms with E-state index in [-0.39, 0.29) is 11.9 Å². The molecule has 0 amide bonds. The normalized spacial score (nSPS) is 12.0. The molecule has 1 heterocycles. The van der Waals surface area contributed by atoms with Crippen LogP contribution in [0.2, 0.25) is 0 Å². The maximum absolute atomic E-state index is 11.1. The molecule has 2 rings (SSSR count). The third kappa shape index (κ3) is 6.96. The number of nitrogens with zero attached hydrogens (tertiary/aromatic N) is 1. The van der Waals surface area contributed by atoms with Crippen molar-refractivity contribution >= 4 is 5.78 Å².